The fourth-order valence-corrected chi connectivity index (χ4v) is 4.19. The highest BCUT2D eigenvalue weighted by Crippen LogP contribution is 2.38. The van der Waals surface area contributed by atoms with Crippen LogP contribution in [0, 0.1) is 11.8 Å². The van der Waals surface area contributed by atoms with Crippen LogP contribution in [0.5, 0.6) is 0 Å². The lowest BCUT2D eigenvalue weighted by atomic mass is 10.0. The number of fused-ring (bicyclic) bond motifs is 1. The highest BCUT2D eigenvalue weighted by molar-refractivity contribution is 7.89. The van der Waals surface area contributed by atoms with Crippen LogP contribution < -0.4 is 5.14 Å². The molecule has 7 heteroatoms. The van der Waals surface area contributed by atoms with Crippen molar-refractivity contribution in [1.29, 1.82) is 0 Å². The van der Waals surface area contributed by atoms with Gasteiger partial charge in [0.25, 0.3) is 5.91 Å². The van der Waals surface area contributed by atoms with Crippen molar-refractivity contribution < 1.29 is 13.2 Å². The van der Waals surface area contributed by atoms with Crippen LogP contribution in [0.15, 0.2) is 17.2 Å². The van der Waals surface area contributed by atoms with Gasteiger partial charge in [-0.15, -0.1) is 0 Å². The average molecular weight is 311 g/mol. The van der Waals surface area contributed by atoms with E-state index in [-0.39, 0.29) is 10.8 Å². The van der Waals surface area contributed by atoms with Gasteiger partial charge in [-0.2, -0.15) is 0 Å². The van der Waals surface area contributed by atoms with Gasteiger partial charge in [-0.3, -0.25) is 4.79 Å². The summed E-state index contributed by atoms with van der Waals surface area (Å²) in [5, 5.41) is 5.16. The van der Waals surface area contributed by atoms with E-state index in [1.165, 1.54) is 31.5 Å². The maximum atomic E-state index is 12.7. The van der Waals surface area contributed by atoms with Crippen molar-refractivity contribution in [2.45, 2.75) is 37.6 Å². The minimum Gasteiger partial charge on any atom is -0.342 e. The molecule has 21 heavy (non-hydrogen) atoms. The van der Waals surface area contributed by atoms with Crippen molar-refractivity contribution in [1.82, 2.24) is 9.47 Å². The molecule has 1 amide bonds. The number of hydrogen-bond donors (Lipinski definition) is 1. The van der Waals surface area contributed by atoms with Gasteiger partial charge >= 0.3 is 0 Å². The Kier molecular flexibility index (Phi) is 3.57. The molecule has 1 aliphatic heterocycles. The fourth-order valence-electron chi connectivity index (χ4n) is 3.64. The van der Waals surface area contributed by atoms with Crippen LogP contribution in [0.1, 0.15) is 36.7 Å². The zero-order chi connectivity index (χ0) is 15.2. The maximum Gasteiger partial charge on any atom is 0.270 e. The lowest BCUT2D eigenvalue weighted by Crippen LogP contribution is -2.31. The van der Waals surface area contributed by atoms with Gasteiger partial charge < -0.3 is 9.47 Å². The van der Waals surface area contributed by atoms with Crippen LogP contribution in [0.25, 0.3) is 0 Å². The Balaban J connectivity index is 1.86. The molecule has 2 fully saturated rings. The molecule has 2 unspecified atom stereocenters. The summed E-state index contributed by atoms with van der Waals surface area (Å²) in [6.45, 7) is 4.01. The Labute approximate surface area is 125 Å². The first-order valence-electron chi connectivity index (χ1n) is 7.42. The smallest absolute Gasteiger partial charge is 0.270 e. The minimum atomic E-state index is -3.78. The molecule has 1 aliphatic carbocycles. The van der Waals surface area contributed by atoms with Crippen molar-refractivity contribution >= 4 is 15.9 Å². The number of aromatic nitrogens is 1. The summed E-state index contributed by atoms with van der Waals surface area (Å²) in [6, 6.07) is 1.40. The Bertz CT molecular complexity index is 653. The topological polar surface area (TPSA) is 85.4 Å². The number of likely N-dealkylation sites (tertiary alicyclic amines) is 1. The third-order valence-electron chi connectivity index (χ3n) is 4.77. The number of amides is 1. The molecule has 2 heterocycles. The minimum absolute atomic E-state index is 0.00657. The van der Waals surface area contributed by atoms with Crippen LogP contribution in [0.4, 0.5) is 0 Å². The second-order valence-corrected chi connectivity index (χ2v) is 7.61. The summed E-state index contributed by atoms with van der Waals surface area (Å²) in [5.74, 6) is 1.16. The zero-order valence-electron chi connectivity index (χ0n) is 12.2. The number of carbonyl (C=O) groups is 1. The van der Waals surface area contributed by atoms with Crippen LogP contribution in [-0.2, 0) is 16.6 Å². The van der Waals surface area contributed by atoms with E-state index < -0.39 is 10.0 Å². The Hall–Kier alpha value is -1.34. The summed E-state index contributed by atoms with van der Waals surface area (Å²) in [5.41, 5.74) is 0.418. The molecule has 1 aromatic rings. The molecule has 0 aromatic carbocycles. The van der Waals surface area contributed by atoms with Crippen molar-refractivity contribution in [3.8, 4) is 0 Å². The monoisotopic (exact) mass is 311 g/mol. The van der Waals surface area contributed by atoms with E-state index in [1.807, 2.05) is 11.8 Å². The third-order valence-corrected chi connectivity index (χ3v) is 5.65. The van der Waals surface area contributed by atoms with E-state index >= 15 is 0 Å². The van der Waals surface area contributed by atoms with Crippen molar-refractivity contribution in [2.24, 2.45) is 17.0 Å². The number of hydrogen-bond acceptors (Lipinski definition) is 3. The van der Waals surface area contributed by atoms with Crippen LogP contribution >= 0.6 is 0 Å². The Morgan fingerprint density at radius 3 is 2.48 bits per heavy atom. The largest absolute Gasteiger partial charge is 0.342 e. The van der Waals surface area contributed by atoms with Gasteiger partial charge in [-0.1, -0.05) is 6.42 Å². The number of nitrogens with two attached hydrogens (primary N) is 1. The second kappa shape index (κ2) is 5.14. The SMILES string of the molecule is CCn1cc(S(N)(=O)=O)cc1C(=O)N1CC2CCCC2C1. The summed E-state index contributed by atoms with van der Waals surface area (Å²) < 4.78 is 24.6. The highest BCUT2D eigenvalue weighted by Gasteiger charge is 2.38. The predicted octanol–water partition coefficient (Wildman–Crippen LogP) is 1.03. The second-order valence-electron chi connectivity index (χ2n) is 6.05. The summed E-state index contributed by atoms with van der Waals surface area (Å²) >= 11 is 0. The molecule has 1 aromatic heterocycles. The number of sulfonamides is 1. The molecule has 2 N–H and O–H groups in total. The van der Waals surface area contributed by atoms with Gasteiger partial charge in [0, 0.05) is 25.8 Å². The number of carbonyl (C=O) groups excluding carboxylic acids is 1. The van der Waals surface area contributed by atoms with Crippen LogP contribution in [-0.4, -0.2) is 36.9 Å². The standard InChI is InChI=1S/C14H21N3O3S/c1-2-16-9-12(21(15,19)20)6-13(16)14(18)17-7-10-4-3-5-11(10)8-17/h6,9-11H,2-5,7-8H2,1H3,(H2,15,19,20). The van der Waals surface area contributed by atoms with Crippen molar-refractivity contribution in [3.63, 3.8) is 0 Å². The number of nitrogens with zero attached hydrogens (tertiary/aromatic N) is 2. The predicted molar refractivity (Wildman–Crippen MR) is 78.2 cm³/mol. The quantitative estimate of drug-likeness (QED) is 0.904. The van der Waals surface area contributed by atoms with E-state index in [4.69, 9.17) is 5.14 Å². The molecule has 6 nitrogen and oxygen atoms in total. The first kappa shape index (κ1) is 14.6. The van der Waals surface area contributed by atoms with Gasteiger partial charge in [0.15, 0.2) is 0 Å². The molecule has 0 radical (unpaired) electrons. The highest BCUT2D eigenvalue weighted by atomic mass is 32.2. The third kappa shape index (κ3) is 2.60. The van der Waals surface area contributed by atoms with Gasteiger partial charge in [0.2, 0.25) is 10.0 Å². The lowest BCUT2D eigenvalue weighted by molar-refractivity contribution is 0.0770. The average Bonchev–Trinajstić information content (AvgIpc) is 3.09. The number of primary sulfonamides is 1. The molecule has 3 rings (SSSR count). The van der Waals surface area contributed by atoms with Gasteiger partial charge in [0.05, 0.1) is 0 Å². The van der Waals surface area contributed by atoms with Crippen LogP contribution in [0.2, 0.25) is 0 Å². The van der Waals surface area contributed by atoms with Gasteiger partial charge in [0.1, 0.15) is 10.6 Å². The van der Waals surface area contributed by atoms with E-state index in [0.717, 1.165) is 13.1 Å². The first-order valence-corrected chi connectivity index (χ1v) is 8.97. The molecule has 116 valence electrons. The van der Waals surface area contributed by atoms with E-state index in [0.29, 0.717) is 24.1 Å². The summed E-state index contributed by atoms with van der Waals surface area (Å²) in [4.78, 5) is 14.5. The molecular weight excluding hydrogens is 290 g/mol. The Morgan fingerprint density at radius 2 is 1.95 bits per heavy atom. The van der Waals surface area contributed by atoms with E-state index in [2.05, 4.69) is 0 Å². The molecule has 2 aliphatic rings. The molecule has 1 saturated heterocycles. The van der Waals surface area contributed by atoms with Gasteiger partial charge in [-0.25, -0.2) is 13.6 Å². The summed E-state index contributed by atoms with van der Waals surface area (Å²) in [6.07, 6.45) is 5.11. The normalized spacial score (nSPS) is 25.3. The fraction of sp³-hybridized carbons (Fsp3) is 0.643. The number of rotatable bonds is 3. The number of aryl methyl sites for hydroxylation is 1. The van der Waals surface area contributed by atoms with Crippen LogP contribution in [0.3, 0.4) is 0 Å². The molecular formula is C14H21N3O3S. The lowest BCUT2D eigenvalue weighted by Gasteiger charge is -2.18. The molecule has 0 bridgehead atoms. The van der Waals surface area contributed by atoms with E-state index in [9.17, 15) is 13.2 Å². The van der Waals surface area contributed by atoms with Gasteiger partial charge in [-0.05, 0) is 37.7 Å². The summed E-state index contributed by atoms with van der Waals surface area (Å²) in [7, 11) is -3.78. The van der Waals surface area contributed by atoms with Crippen molar-refractivity contribution in [2.75, 3.05) is 13.1 Å². The molecule has 1 saturated carbocycles. The Morgan fingerprint density at radius 1 is 1.33 bits per heavy atom. The molecule has 0 spiro atoms. The first-order chi connectivity index (χ1) is 9.90. The van der Waals surface area contributed by atoms with Crippen molar-refractivity contribution in [3.05, 3.63) is 18.0 Å². The zero-order valence-corrected chi connectivity index (χ0v) is 13.0. The maximum absolute atomic E-state index is 12.7. The molecule has 2 atom stereocenters. The van der Waals surface area contributed by atoms with E-state index in [1.54, 1.807) is 4.57 Å².